The van der Waals surface area contributed by atoms with Crippen LogP contribution in [0.2, 0.25) is 0 Å². The number of nitrogens with zero attached hydrogens (tertiary/aromatic N) is 6. The van der Waals surface area contributed by atoms with Crippen molar-refractivity contribution < 1.29 is 9.18 Å². The van der Waals surface area contributed by atoms with Crippen LogP contribution in [-0.2, 0) is 4.79 Å². The van der Waals surface area contributed by atoms with Crippen molar-refractivity contribution in [2.75, 3.05) is 11.1 Å². The van der Waals surface area contributed by atoms with Gasteiger partial charge in [-0.05, 0) is 54.6 Å². The first-order valence-electron chi connectivity index (χ1n) is 10.3. The minimum Gasteiger partial charge on any atom is -0.324 e. The molecule has 0 saturated heterocycles. The number of carbonyl (C=O) groups is 1. The Morgan fingerprint density at radius 1 is 0.971 bits per heavy atom. The van der Waals surface area contributed by atoms with Gasteiger partial charge in [0.2, 0.25) is 5.91 Å². The van der Waals surface area contributed by atoms with E-state index >= 15 is 0 Å². The van der Waals surface area contributed by atoms with E-state index in [1.165, 1.54) is 23.9 Å². The monoisotopic (exact) mass is 471 g/mol. The number of hydrogen-bond donors (Lipinski definition) is 1. The van der Waals surface area contributed by atoms with E-state index < -0.39 is 0 Å². The predicted molar refractivity (Wildman–Crippen MR) is 127 cm³/mol. The number of pyridine rings is 1. The number of thioether (sulfide) groups is 1. The van der Waals surface area contributed by atoms with Gasteiger partial charge in [-0.2, -0.15) is 5.10 Å². The summed E-state index contributed by atoms with van der Waals surface area (Å²) < 4.78 is 16.9. The third kappa shape index (κ3) is 4.71. The first-order valence-corrected chi connectivity index (χ1v) is 11.3. The van der Waals surface area contributed by atoms with Crippen LogP contribution in [0.1, 0.15) is 0 Å². The summed E-state index contributed by atoms with van der Waals surface area (Å²) in [4.78, 5) is 16.9. The van der Waals surface area contributed by atoms with Crippen molar-refractivity contribution in [3.63, 3.8) is 0 Å². The summed E-state index contributed by atoms with van der Waals surface area (Å²) in [6.45, 7) is 0. The first-order chi connectivity index (χ1) is 16.7. The zero-order valence-electron chi connectivity index (χ0n) is 17.7. The molecule has 34 heavy (non-hydrogen) atoms. The van der Waals surface area contributed by atoms with Crippen molar-refractivity contribution in [2.45, 2.75) is 5.16 Å². The molecular weight excluding hydrogens is 453 g/mol. The Bertz CT molecular complexity index is 1390. The summed E-state index contributed by atoms with van der Waals surface area (Å²) in [7, 11) is 0. The van der Waals surface area contributed by atoms with Gasteiger partial charge in [-0.1, -0.05) is 30.0 Å². The Morgan fingerprint density at radius 3 is 2.50 bits per heavy atom. The lowest BCUT2D eigenvalue weighted by Gasteiger charge is -2.10. The quantitative estimate of drug-likeness (QED) is 0.354. The Kier molecular flexibility index (Phi) is 6.13. The zero-order valence-corrected chi connectivity index (χ0v) is 18.6. The molecule has 0 spiro atoms. The van der Waals surface area contributed by atoms with Gasteiger partial charge in [0.25, 0.3) is 0 Å². The van der Waals surface area contributed by atoms with Crippen molar-refractivity contribution in [1.82, 2.24) is 29.5 Å². The van der Waals surface area contributed by atoms with Crippen LogP contribution in [0.3, 0.4) is 0 Å². The highest BCUT2D eigenvalue weighted by Crippen LogP contribution is 2.28. The molecule has 0 fully saturated rings. The summed E-state index contributed by atoms with van der Waals surface area (Å²) in [5, 5.41) is 16.1. The number of hydrogen-bond acceptors (Lipinski definition) is 6. The molecule has 0 aliphatic rings. The normalized spacial score (nSPS) is 10.9. The van der Waals surface area contributed by atoms with E-state index in [2.05, 4.69) is 25.6 Å². The lowest BCUT2D eigenvalue weighted by atomic mass is 10.2. The minimum absolute atomic E-state index is 0.120. The van der Waals surface area contributed by atoms with Crippen LogP contribution in [0.5, 0.6) is 0 Å². The molecule has 8 nitrogen and oxygen atoms in total. The predicted octanol–water partition coefficient (Wildman–Crippen LogP) is 4.38. The molecule has 1 N–H and O–H groups in total. The second kappa shape index (κ2) is 9.67. The van der Waals surface area contributed by atoms with Crippen LogP contribution in [0.15, 0.2) is 96.5 Å². The van der Waals surface area contributed by atoms with Crippen molar-refractivity contribution in [2.24, 2.45) is 0 Å². The molecule has 5 aromatic rings. The Labute approximate surface area is 198 Å². The summed E-state index contributed by atoms with van der Waals surface area (Å²) in [5.74, 6) is 0.807. The molecule has 3 heterocycles. The number of benzene rings is 2. The Morgan fingerprint density at radius 2 is 1.79 bits per heavy atom. The zero-order chi connectivity index (χ0) is 23.3. The maximum atomic E-state index is 13.4. The van der Waals surface area contributed by atoms with Crippen LogP contribution >= 0.6 is 11.8 Å². The molecule has 0 bridgehead atoms. The molecule has 3 aromatic heterocycles. The SMILES string of the molecule is O=C(CSc1nnc(-c2ccc(F)cc2)n1-c1ccccc1)Nc1ccc(-n2cccn2)nc1. The van der Waals surface area contributed by atoms with Gasteiger partial charge in [-0.15, -0.1) is 10.2 Å². The molecule has 1 amide bonds. The average molecular weight is 472 g/mol. The van der Waals surface area contributed by atoms with Crippen molar-refractivity contribution in [3.05, 3.63) is 97.2 Å². The highest BCUT2D eigenvalue weighted by molar-refractivity contribution is 7.99. The van der Waals surface area contributed by atoms with E-state index in [-0.39, 0.29) is 17.5 Å². The topological polar surface area (TPSA) is 90.5 Å². The number of amides is 1. The fraction of sp³-hybridized carbons (Fsp3) is 0.0417. The third-order valence-electron chi connectivity index (χ3n) is 4.85. The van der Waals surface area contributed by atoms with E-state index in [1.54, 1.807) is 47.5 Å². The molecular formula is C24H18FN7OS. The van der Waals surface area contributed by atoms with Gasteiger partial charge in [-0.25, -0.2) is 14.1 Å². The molecule has 0 saturated carbocycles. The Hall–Kier alpha value is -4.31. The smallest absolute Gasteiger partial charge is 0.234 e. The third-order valence-corrected chi connectivity index (χ3v) is 5.78. The van der Waals surface area contributed by atoms with Crippen LogP contribution in [0, 0.1) is 5.82 Å². The lowest BCUT2D eigenvalue weighted by Crippen LogP contribution is -2.15. The second-order valence-corrected chi connectivity index (χ2v) is 8.12. The summed E-state index contributed by atoms with van der Waals surface area (Å²) in [6, 6.07) is 21.0. The van der Waals surface area contributed by atoms with Gasteiger partial charge in [0, 0.05) is 23.6 Å². The molecule has 0 radical (unpaired) electrons. The molecule has 5 rings (SSSR count). The van der Waals surface area contributed by atoms with E-state index in [0.29, 0.717) is 22.5 Å². The van der Waals surface area contributed by atoms with Crippen LogP contribution in [0.25, 0.3) is 22.9 Å². The second-order valence-electron chi connectivity index (χ2n) is 7.18. The fourth-order valence-electron chi connectivity index (χ4n) is 3.29. The highest BCUT2D eigenvalue weighted by Gasteiger charge is 2.17. The molecule has 2 aromatic carbocycles. The standard InChI is InChI=1S/C24H18FN7OS/c25-18-9-7-17(8-10-18)23-29-30-24(32(23)20-5-2-1-3-6-20)34-16-22(33)28-19-11-12-21(26-15-19)31-14-4-13-27-31/h1-15H,16H2,(H,28,33). The Balaban J connectivity index is 1.32. The van der Waals surface area contributed by atoms with Gasteiger partial charge >= 0.3 is 0 Å². The molecule has 0 aliphatic carbocycles. The number of anilines is 1. The first kappa shape index (κ1) is 21.5. The van der Waals surface area contributed by atoms with Crippen molar-refractivity contribution >= 4 is 23.4 Å². The van der Waals surface area contributed by atoms with Crippen LogP contribution in [-0.4, -0.2) is 41.2 Å². The highest BCUT2D eigenvalue weighted by atomic mass is 32.2. The van der Waals surface area contributed by atoms with Crippen molar-refractivity contribution in [3.8, 4) is 22.9 Å². The molecule has 0 aliphatic heterocycles. The number of carbonyl (C=O) groups excluding carboxylic acids is 1. The van der Waals surface area contributed by atoms with Gasteiger partial charge in [0.05, 0.1) is 17.6 Å². The summed E-state index contributed by atoms with van der Waals surface area (Å²) in [6.07, 6.45) is 5.04. The minimum atomic E-state index is -0.326. The van der Waals surface area contributed by atoms with E-state index in [0.717, 1.165) is 11.3 Å². The lowest BCUT2D eigenvalue weighted by molar-refractivity contribution is -0.113. The molecule has 0 atom stereocenters. The molecule has 10 heteroatoms. The van der Waals surface area contributed by atoms with Gasteiger partial charge in [0.15, 0.2) is 16.8 Å². The van der Waals surface area contributed by atoms with E-state index in [9.17, 15) is 9.18 Å². The van der Waals surface area contributed by atoms with Crippen LogP contribution in [0.4, 0.5) is 10.1 Å². The average Bonchev–Trinajstić information content (AvgIpc) is 3.55. The van der Waals surface area contributed by atoms with E-state index in [4.69, 9.17) is 0 Å². The molecule has 0 unspecified atom stereocenters. The number of rotatable bonds is 7. The summed E-state index contributed by atoms with van der Waals surface area (Å²) >= 11 is 1.26. The number of para-hydroxylation sites is 1. The van der Waals surface area contributed by atoms with E-state index in [1.807, 2.05) is 41.0 Å². The summed E-state index contributed by atoms with van der Waals surface area (Å²) in [5.41, 5.74) is 2.14. The number of nitrogens with one attached hydrogen (secondary N) is 1. The number of aromatic nitrogens is 6. The van der Waals surface area contributed by atoms with Gasteiger partial charge in [-0.3, -0.25) is 9.36 Å². The maximum Gasteiger partial charge on any atom is 0.234 e. The maximum absolute atomic E-state index is 13.4. The van der Waals surface area contributed by atoms with Crippen LogP contribution < -0.4 is 5.32 Å². The fourth-order valence-corrected chi connectivity index (χ4v) is 4.04. The number of halogens is 1. The van der Waals surface area contributed by atoms with Gasteiger partial charge < -0.3 is 5.32 Å². The largest absolute Gasteiger partial charge is 0.324 e. The van der Waals surface area contributed by atoms with Crippen molar-refractivity contribution in [1.29, 1.82) is 0 Å². The molecule has 168 valence electrons. The van der Waals surface area contributed by atoms with Gasteiger partial charge in [0.1, 0.15) is 5.82 Å².